The summed E-state index contributed by atoms with van der Waals surface area (Å²) in [5.41, 5.74) is 2.87. The second-order valence-electron chi connectivity index (χ2n) is 9.94. The van der Waals surface area contributed by atoms with Crippen LogP contribution < -0.4 is 14.4 Å². The van der Waals surface area contributed by atoms with E-state index in [-0.39, 0.29) is 29.1 Å². The van der Waals surface area contributed by atoms with E-state index in [4.69, 9.17) is 4.74 Å². The van der Waals surface area contributed by atoms with Crippen molar-refractivity contribution in [3.05, 3.63) is 89.5 Å². The summed E-state index contributed by atoms with van der Waals surface area (Å²) >= 11 is 0. The average Bonchev–Trinajstić information content (AvgIpc) is 2.95. The van der Waals surface area contributed by atoms with Gasteiger partial charge in [0.05, 0.1) is 17.7 Å². The Morgan fingerprint density at radius 3 is 2.23 bits per heavy atom. The Balaban J connectivity index is 2.09. The van der Waals surface area contributed by atoms with Gasteiger partial charge < -0.3 is 15.0 Å². The number of hydrogen-bond acceptors (Lipinski definition) is 5. The van der Waals surface area contributed by atoms with Crippen LogP contribution in [0.5, 0.6) is 5.75 Å². The number of carbonyl (C=O) groups is 2. The predicted molar refractivity (Wildman–Crippen MR) is 158 cm³/mol. The molecule has 1 N–H and O–H groups in total. The lowest BCUT2D eigenvalue weighted by Gasteiger charge is -2.33. The summed E-state index contributed by atoms with van der Waals surface area (Å²) in [6, 6.07) is 19.8. The molecule has 0 radical (unpaired) electrons. The highest BCUT2D eigenvalue weighted by molar-refractivity contribution is 7.92. The van der Waals surface area contributed by atoms with Gasteiger partial charge in [-0.1, -0.05) is 55.5 Å². The van der Waals surface area contributed by atoms with Gasteiger partial charge in [0.2, 0.25) is 11.8 Å². The maximum absolute atomic E-state index is 14.1. The van der Waals surface area contributed by atoms with Gasteiger partial charge in [-0.15, -0.1) is 0 Å². The van der Waals surface area contributed by atoms with Crippen LogP contribution in [0, 0.1) is 13.8 Å². The fraction of sp³-hybridized carbons (Fsp3) is 0.355. The molecule has 8 nitrogen and oxygen atoms in total. The van der Waals surface area contributed by atoms with Crippen molar-refractivity contribution in [3.8, 4) is 5.75 Å². The smallest absolute Gasteiger partial charge is 0.264 e. The summed E-state index contributed by atoms with van der Waals surface area (Å²) < 4.78 is 34.6. The molecular formula is C31H39N3O5S. The van der Waals surface area contributed by atoms with Crippen LogP contribution in [0.25, 0.3) is 0 Å². The van der Waals surface area contributed by atoms with E-state index in [9.17, 15) is 18.0 Å². The number of nitrogens with zero attached hydrogens (tertiary/aromatic N) is 2. The van der Waals surface area contributed by atoms with Crippen LogP contribution in [-0.4, -0.2) is 50.9 Å². The number of anilines is 1. The van der Waals surface area contributed by atoms with Gasteiger partial charge in [0.1, 0.15) is 18.3 Å². The molecule has 0 aliphatic rings. The van der Waals surface area contributed by atoms with Crippen molar-refractivity contribution in [1.29, 1.82) is 0 Å². The Morgan fingerprint density at radius 2 is 1.60 bits per heavy atom. The molecule has 3 aromatic rings. The summed E-state index contributed by atoms with van der Waals surface area (Å²) in [7, 11) is -2.72. The number of sulfonamides is 1. The number of nitrogens with one attached hydrogen (secondary N) is 1. The van der Waals surface area contributed by atoms with Crippen LogP contribution in [0.15, 0.2) is 77.7 Å². The molecule has 0 aliphatic carbocycles. The number of rotatable bonds is 12. The Bertz CT molecular complexity index is 1430. The minimum atomic E-state index is -4.18. The SMILES string of the molecule is CC[C@H](C)NC(=O)[C@H](C)N(Cc1ccccc1C)C(=O)CN(c1cc(C)ccc1OC)S(=O)(=O)c1ccccc1. The van der Waals surface area contributed by atoms with Gasteiger partial charge >= 0.3 is 0 Å². The van der Waals surface area contributed by atoms with E-state index in [1.54, 1.807) is 37.3 Å². The first kappa shape index (κ1) is 30.7. The standard InChI is InChI=1S/C31H39N3O5S/c1-7-24(4)32-31(36)25(5)33(20-26-14-12-11-13-23(26)3)30(35)21-34(28-19-22(2)17-18-29(28)39-6)40(37,38)27-15-9-8-10-16-27/h8-19,24-25H,7,20-21H2,1-6H3,(H,32,36)/t24-,25-/m0/s1. The van der Waals surface area contributed by atoms with E-state index in [0.717, 1.165) is 27.4 Å². The highest BCUT2D eigenvalue weighted by Gasteiger charge is 2.34. The van der Waals surface area contributed by atoms with E-state index >= 15 is 0 Å². The molecule has 3 rings (SSSR count). The summed E-state index contributed by atoms with van der Waals surface area (Å²) in [4.78, 5) is 28.8. The van der Waals surface area contributed by atoms with Gasteiger partial charge in [0.15, 0.2) is 0 Å². The van der Waals surface area contributed by atoms with Gasteiger partial charge in [0.25, 0.3) is 10.0 Å². The molecule has 0 saturated carbocycles. The zero-order valence-electron chi connectivity index (χ0n) is 24.0. The van der Waals surface area contributed by atoms with Crippen LogP contribution in [0.3, 0.4) is 0 Å². The number of amides is 2. The number of carbonyl (C=O) groups excluding carboxylic acids is 2. The second kappa shape index (κ2) is 13.5. The zero-order chi connectivity index (χ0) is 29.4. The van der Waals surface area contributed by atoms with Crippen LogP contribution in [0.4, 0.5) is 5.69 Å². The van der Waals surface area contributed by atoms with Crippen molar-refractivity contribution in [2.24, 2.45) is 0 Å². The van der Waals surface area contributed by atoms with Crippen molar-refractivity contribution in [1.82, 2.24) is 10.2 Å². The van der Waals surface area contributed by atoms with Gasteiger partial charge in [-0.05, 0) is 75.1 Å². The number of ether oxygens (including phenoxy) is 1. The fourth-order valence-corrected chi connectivity index (χ4v) is 5.68. The van der Waals surface area contributed by atoms with Crippen LogP contribution in [0.2, 0.25) is 0 Å². The normalized spacial score (nSPS) is 12.8. The lowest BCUT2D eigenvalue weighted by molar-refractivity contribution is -0.139. The highest BCUT2D eigenvalue weighted by atomic mass is 32.2. The van der Waals surface area contributed by atoms with Crippen molar-refractivity contribution < 1.29 is 22.7 Å². The topological polar surface area (TPSA) is 96.0 Å². The van der Waals surface area contributed by atoms with Gasteiger partial charge in [-0.3, -0.25) is 13.9 Å². The molecule has 0 aliphatic heterocycles. The molecule has 0 aromatic heterocycles. The molecule has 0 saturated heterocycles. The molecule has 0 unspecified atom stereocenters. The highest BCUT2D eigenvalue weighted by Crippen LogP contribution is 2.33. The molecule has 0 spiro atoms. The van der Waals surface area contributed by atoms with Gasteiger partial charge in [-0.25, -0.2) is 8.42 Å². The van der Waals surface area contributed by atoms with Gasteiger partial charge in [0, 0.05) is 12.6 Å². The van der Waals surface area contributed by atoms with Crippen molar-refractivity contribution >= 4 is 27.5 Å². The summed E-state index contributed by atoms with van der Waals surface area (Å²) in [6.07, 6.45) is 0.737. The molecule has 0 heterocycles. The second-order valence-corrected chi connectivity index (χ2v) is 11.8. The van der Waals surface area contributed by atoms with E-state index < -0.39 is 28.5 Å². The first-order valence-corrected chi connectivity index (χ1v) is 14.8. The largest absolute Gasteiger partial charge is 0.495 e. The maximum Gasteiger partial charge on any atom is 0.264 e. The summed E-state index contributed by atoms with van der Waals surface area (Å²) in [5, 5.41) is 2.95. The van der Waals surface area contributed by atoms with Crippen LogP contribution in [-0.2, 0) is 26.2 Å². The van der Waals surface area contributed by atoms with E-state index in [0.29, 0.717) is 5.75 Å². The third-order valence-electron chi connectivity index (χ3n) is 6.98. The first-order valence-electron chi connectivity index (χ1n) is 13.4. The van der Waals surface area contributed by atoms with Crippen LogP contribution in [0.1, 0.15) is 43.9 Å². The van der Waals surface area contributed by atoms with Crippen LogP contribution >= 0.6 is 0 Å². The molecule has 2 amide bonds. The molecule has 2 atom stereocenters. The number of aryl methyl sites for hydroxylation is 2. The third-order valence-corrected chi connectivity index (χ3v) is 8.76. The molecule has 214 valence electrons. The first-order chi connectivity index (χ1) is 19.0. The van der Waals surface area contributed by atoms with E-state index in [1.165, 1.54) is 24.1 Å². The van der Waals surface area contributed by atoms with Crippen molar-refractivity contribution in [2.45, 2.75) is 64.6 Å². The van der Waals surface area contributed by atoms with Gasteiger partial charge in [-0.2, -0.15) is 0 Å². The fourth-order valence-electron chi connectivity index (χ4n) is 4.25. The number of methoxy groups -OCH3 is 1. The molecule has 40 heavy (non-hydrogen) atoms. The Morgan fingerprint density at radius 1 is 0.950 bits per heavy atom. The molecule has 3 aromatic carbocycles. The molecule has 0 bridgehead atoms. The summed E-state index contributed by atoms with van der Waals surface area (Å²) in [5.74, 6) is -0.508. The monoisotopic (exact) mass is 565 g/mol. The lowest BCUT2D eigenvalue weighted by atomic mass is 10.1. The summed E-state index contributed by atoms with van der Waals surface area (Å²) in [6.45, 7) is 8.92. The Kier molecular flexibility index (Phi) is 10.3. The third kappa shape index (κ3) is 7.21. The quantitative estimate of drug-likeness (QED) is 0.339. The molecule has 0 fully saturated rings. The lowest BCUT2D eigenvalue weighted by Crippen LogP contribution is -2.52. The predicted octanol–water partition coefficient (Wildman–Crippen LogP) is 4.84. The minimum absolute atomic E-state index is 0.0411. The number of hydrogen-bond donors (Lipinski definition) is 1. The molecular weight excluding hydrogens is 526 g/mol. The van der Waals surface area contributed by atoms with E-state index in [1.807, 2.05) is 58.0 Å². The number of benzene rings is 3. The van der Waals surface area contributed by atoms with Crippen molar-refractivity contribution in [3.63, 3.8) is 0 Å². The molecule has 9 heteroatoms. The zero-order valence-corrected chi connectivity index (χ0v) is 24.9. The minimum Gasteiger partial charge on any atom is -0.495 e. The van der Waals surface area contributed by atoms with E-state index in [2.05, 4.69) is 5.32 Å². The Labute approximate surface area is 238 Å². The average molecular weight is 566 g/mol. The Hall–Kier alpha value is -3.85. The maximum atomic E-state index is 14.1. The van der Waals surface area contributed by atoms with Crippen molar-refractivity contribution in [2.75, 3.05) is 18.0 Å².